The van der Waals surface area contributed by atoms with Gasteiger partial charge in [-0.3, -0.25) is 9.88 Å². The van der Waals surface area contributed by atoms with Crippen molar-refractivity contribution < 1.29 is 13.2 Å². The lowest BCUT2D eigenvalue weighted by Gasteiger charge is -2.30. The molecule has 4 heterocycles. The van der Waals surface area contributed by atoms with E-state index in [1.165, 1.54) is 5.56 Å². The van der Waals surface area contributed by atoms with E-state index in [9.17, 15) is 8.42 Å². The van der Waals surface area contributed by atoms with Crippen molar-refractivity contribution in [2.24, 2.45) is 5.92 Å². The summed E-state index contributed by atoms with van der Waals surface area (Å²) >= 11 is 0. The Hall–Kier alpha value is -2.03. The smallest absolute Gasteiger partial charge is 0.166 e. The van der Waals surface area contributed by atoms with Gasteiger partial charge in [-0.2, -0.15) is 0 Å². The fourth-order valence-corrected chi connectivity index (χ4v) is 7.46. The average Bonchev–Trinajstić information content (AvgIpc) is 3.43. The zero-order chi connectivity index (χ0) is 21.4. The Labute approximate surface area is 183 Å². The minimum atomic E-state index is -3.12. The molecule has 2 aliphatic rings. The molecule has 7 nitrogen and oxygen atoms in total. The molecular weight excluding hydrogens is 412 g/mol. The molecular formula is C23H30N4O3S. The van der Waals surface area contributed by atoms with E-state index in [0.29, 0.717) is 18.4 Å². The van der Waals surface area contributed by atoms with Crippen LogP contribution >= 0.6 is 0 Å². The Kier molecular flexibility index (Phi) is 5.71. The fourth-order valence-electron chi connectivity index (χ4n) is 5.51. The van der Waals surface area contributed by atoms with E-state index in [2.05, 4.69) is 32.0 Å². The second-order valence-corrected chi connectivity index (χ2v) is 11.4. The molecule has 1 unspecified atom stereocenters. The summed E-state index contributed by atoms with van der Waals surface area (Å²) in [4.78, 5) is 14.2. The number of likely N-dealkylation sites (tertiary alicyclic amines) is 1. The number of aromatic amines is 1. The summed E-state index contributed by atoms with van der Waals surface area (Å²) in [6.45, 7) is 2.39. The summed E-state index contributed by atoms with van der Waals surface area (Å²) in [5.74, 6) is 1.00. The molecule has 31 heavy (non-hydrogen) atoms. The number of nitrogens with one attached hydrogen (secondary N) is 1. The molecule has 1 atom stereocenters. The number of nitrogens with zero attached hydrogens (tertiary/aromatic N) is 3. The Balaban J connectivity index is 1.29. The van der Waals surface area contributed by atoms with Crippen molar-refractivity contribution in [2.75, 3.05) is 32.7 Å². The summed E-state index contributed by atoms with van der Waals surface area (Å²) in [5, 5.41) is 2.02. The topological polar surface area (TPSA) is 88.2 Å². The molecule has 0 bridgehead atoms. The van der Waals surface area contributed by atoms with Crippen molar-refractivity contribution in [3.63, 3.8) is 0 Å². The van der Waals surface area contributed by atoms with Gasteiger partial charge in [-0.1, -0.05) is 0 Å². The van der Waals surface area contributed by atoms with Gasteiger partial charge in [-0.15, -0.1) is 0 Å². The van der Waals surface area contributed by atoms with Crippen LogP contribution in [0.15, 0.2) is 30.7 Å². The van der Waals surface area contributed by atoms with Gasteiger partial charge in [0, 0.05) is 36.8 Å². The predicted octanol–water partition coefficient (Wildman–Crippen LogP) is 3.48. The molecule has 3 aromatic heterocycles. The maximum Gasteiger partial charge on any atom is 0.166 e. The van der Waals surface area contributed by atoms with E-state index in [1.54, 1.807) is 7.11 Å². The highest BCUT2D eigenvalue weighted by atomic mass is 32.2. The summed E-state index contributed by atoms with van der Waals surface area (Å²) in [6.07, 6.45) is 9.85. The predicted molar refractivity (Wildman–Crippen MR) is 122 cm³/mol. The van der Waals surface area contributed by atoms with Crippen LogP contribution in [-0.2, 0) is 14.6 Å². The third kappa shape index (κ3) is 4.08. The number of hydrogen-bond donors (Lipinski definition) is 1. The molecule has 1 N–H and O–H groups in total. The molecule has 0 amide bonds. The first-order valence-corrected chi connectivity index (χ1v) is 12.9. The molecule has 1 aliphatic carbocycles. The Morgan fingerprint density at radius 3 is 2.81 bits per heavy atom. The number of H-pyrrole nitrogens is 1. The lowest BCUT2D eigenvalue weighted by molar-refractivity contribution is 0.155. The van der Waals surface area contributed by atoms with Gasteiger partial charge in [-0.05, 0) is 68.2 Å². The quantitative estimate of drug-likeness (QED) is 0.629. The number of rotatable bonds is 6. The first kappa shape index (κ1) is 20.8. The summed E-state index contributed by atoms with van der Waals surface area (Å²) in [7, 11) is -1.41. The van der Waals surface area contributed by atoms with Crippen molar-refractivity contribution in [1.29, 1.82) is 0 Å². The molecule has 0 spiro atoms. The van der Waals surface area contributed by atoms with Gasteiger partial charge in [0.05, 0.1) is 23.6 Å². The Morgan fingerprint density at radius 2 is 2.00 bits per heavy atom. The van der Waals surface area contributed by atoms with E-state index in [1.807, 2.05) is 18.6 Å². The number of ether oxygens (including phenoxy) is 1. The van der Waals surface area contributed by atoms with Crippen LogP contribution in [0.1, 0.15) is 43.6 Å². The molecule has 1 saturated heterocycles. The van der Waals surface area contributed by atoms with Crippen LogP contribution in [0.3, 0.4) is 0 Å². The van der Waals surface area contributed by atoms with Crippen LogP contribution in [0.4, 0.5) is 0 Å². The van der Waals surface area contributed by atoms with E-state index >= 15 is 0 Å². The van der Waals surface area contributed by atoms with Crippen molar-refractivity contribution in [2.45, 2.75) is 43.3 Å². The summed E-state index contributed by atoms with van der Waals surface area (Å²) < 4.78 is 31.5. The largest absolute Gasteiger partial charge is 0.384 e. The van der Waals surface area contributed by atoms with Crippen molar-refractivity contribution in [3.05, 3.63) is 36.3 Å². The summed E-state index contributed by atoms with van der Waals surface area (Å²) in [6, 6.07) is 4.16. The standard InChI is InChI=1S/C23H30N4O3S/c1-30-14-16-8-11-27(13-16)15-31(28,29)18-4-2-17(3-5-18)19-6-9-24-21-12-26-23-20(22(19)21)7-10-25-23/h6-7,9-10,12,16-18H,2-5,8,11,13-15H2,1H3,(H,25,26). The van der Waals surface area contributed by atoms with Crippen LogP contribution in [0.2, 0.25) is 0 Å². The zero-order valence-corrected chi connectivity index (χ0v) is 18.8. The first-order valence-electron chi connectivity index (χ1n) is 11.2. The lowest BCUT2D eigenvalue weighted by atomic mass is 9.82. The number of pyridine rings is 2. The molecule has 1 saturated carbocycles. The van der Waals surface area contributed by atoms with Crippen LogP contribution < -0.4 is 0 Å². The number of fused-ring (bicyclic) bond motifs is 3. The Bertz CT molecular complexity index is 1170. The van der Waals surface area contributed by atoms with Crippen LogP contribution in [-0.4, -0.2) is 66.2 Å². The highest BCUT2D eigenvalue weighted by Crippen LogP contribution is 2.40. The van der Waals surface area contributed by atoms with Gasteiger partial charge < -0.3 is 9.72 Å². The summed E-state index contributed by atoms with van der Waals surface area (Å²) in [5.41, 5.74) is 3.05. The van der Waals surface area contributed by atoms with Gasteiger partial charge in [0.15, 0.2) is 9.84 Å². The highest BCUT2D eigenvalue weighted by molar-refractivity contribution is 7.91. The molecule has 3 aromatic rings. The minimum absolute atomic E-state index is 0.191. The number of methoxy groups -OCH3 is 1. The van der Waals surface area contributed by atoms with Gasteiger partial charge >= 0.3 is 0 Å². The van der Waals surface area contributed by atoms with E-state index in [4.69, 9.17) is 4.74 Å². The molecule has 2 fully saturated rings. The second kappa shape index (κ2) is 8.48. The third-order valence-electron chi connectivity index (χ3n) is 7.08. The zero-order valence-electron chi connectivity index (χ0n) is 18.0. The van der Waals surface area contributed by atoms with Crippen LogP contribution in [0.5, 0.6) is 0 Å². The second-order valence-electron chi connectivity index (χ2n) is 9.11. The van der Waals surface area contributed by atoms with Gasteiger partial charge in [0.1, 0.15) is 11.5 Å². The van der Waals surface area contributed by atoms with Gasteiger partial charge in [-0.25, -0.2) is 13.4 Å². The molecule has 8 heteroatoms. The molecule has 5 rings (SSSR count). The van der Waals surface area contributed by atoms with Crippen molar-refractivity contribution in [1.82, 2.24) is 19.9 Å². The normalized spacial score (nSPS) is 25.5. The van der Waals surface area contributed by atoms with E-state index < -0.39 is 9.84 Å². The number of sulfone groups is 1. The van der Waals surface area contributed by atoms with E-state index in [-0.39, 0.29) is 11.1 Å². The van der Waals surface area contributed by atoms with E-state index in [0.717, 1.165) is 67.1 Å². The maximum atomic E-state index is 13.1. The SMILES string of the molecule is COCC1CCN(CS(=O)(=O)C2CCC(c3ccnc4cnc5[nH]ccc5c34)CC2)C1. The number of aromatic nitrogens is 3. The average molecular weight is 443 g/mol. The van der Waals surface area contributed by atoms with Crippen molar-refractivity contribution in [3.8, 4) is 0 Å². The van der Waals surface area contributed by atoms with Crippen LogP contribution in [0, 0.1) is 5.92 Å². The highest BCUT2D eigenvalue weighted by Gasteiger charge is 2.35. The van der Waals surface area contributed by atoms with Gasteiger partial charge in [0.2, 0.25) is 0 Å². The van der Waals surface area contributed by atoms with Gasteiger partial charge in [0.25, 0.3) is 0 Å². The molecule has 1 aliphatic heterocycles. The Morgan fingerprint density at radius 1 is 1.16 bits per heavy atom. The fraction of sp³-hybridized carbons (Fsp3) is 0.565. The van der Waals surface area contributed by atoms with Crippen molar-refractivity contribution >= 4 is 31.8 Å². The molecule has 0 radical (unpaired) electrons. The van der Waals surface area contributed by atoms with Crippen LogP contribution in [0.25, 0.3) is 21.9 Å². The molecule has 0 aromatic carbocycles. The molecule has 166 valence electrons. The number of hydrogen-bond acceptors (Lipinski definition) is 6. The lowest BCUT2D eigenvalue weighted by Crippen LogP contribution is -2.36. The maximum absolute atomic E-state index is 13.1. The third-order valence-corrected chi connectivity index (χ3v) is 9.29. The first-order chi connectivity index (χ1) is 15.0. The monoisotopic (exact) mass is 442 g/mol. The minimum Gasteiger partial charge on any atom is -0.384 e.